The normalized spacial score (nSPS) is 26.6. The summed E-state index contributed by atoms with van der Waals surface area (Å²) in [5.74, 6) is 0.441. The quantitative estimate of drug-likeness (QED) is 0.793. The van der Waals surface area contributed by atoms with Gasteiger partial charge < -0.3 is 10.2 Å². The Morgan fingerprint density at radius 3 is 2.62 bits per heavy atom. The van der Waals surface area contributed by atoms with Gasteiger partial charge in [0.15, 0.2) is 4.84 Å². The lowest BCUT2D eigenvalue weighted by atomic mass is 10.00. The van der Waals surface area contributed by atoms with Gasteiger partial charge in [-0.2, -0.15) is 0 Å². The van der Waals surface area contributed by atoms with Gasteiger partial charge in [-0.05, 0) is 19.3 Å². The van der Waals surface area contributed by atoms with Crippen LogP contribution in [0, 0.1) is 5.92 Å². The average molecular weight is 267 g/mol. The van der Waals surface area contributed by atoms with Crippen LogP contribution in [-0.2, 0) is 4.79 Å². The van der Waals surface area contributed by atoms with Crippen molar-refractivity contribution in [2.24, 2.45) is 5.92 Å². The Morgan fingerprint density at radius 2 is 2.12 bits per heavy atom. The highest BCUT2D eigenvalue weighted by Crippen LogP contribution is 2.16. The van der Waals surface area contributed by atoms with Gasteiger partial charge in [0.25, 0.3) is 5.91 Å². The van der Waals surface area contributed by atoms with E-state index >= 15 is 0 Å². The van der Waals surface area contributed by atoms with Gasteiger partial charge in [0.1, 0.15) is 0 Å². The van der Waals surface area contributed by atoms with Gasteiger partial charge >= 0.3 is 0 Å². The fourth-order valence-corrected chi connectivity index (χ4v) is 2.34. The molecule has 1 rings (SSSR count). The Balaban J connectivity index is 2.58. The molecule has 0 aromatic carbocycles. The van der Waals surface area contributed by atoms with E-state index in [2.05, 4.69) is 19.2 Å². The lowest BCUT2D eigenvalue weighted by molar-refractivity contribution is -0.132. The summed E-state index contributed by atoms with van der Waals surface area (Å²) in [5, 5.41) is 3.44. The molecule has 1 amide bonds. The summed E-state index contributed by atoms with van der Waals surface area (Å²) in [5.41, 5.74) is 0. The summed E-state index contributed by atoms with van der Waals surface area (Å²) in [6.07, 6.45) is 1.06. The van der Waals surface area contributed by atoms with Crippen molar-refractivity contribution in [2.45, 2.75) is 44.1 Å². The molecule has 0 bridgehead atoms. The van der Waals surface area contributed by atoms with Crippen molar-refractivity contribution in [3.8, 4) is 0 Å². The van der Waals surface area contributed by atoms with Crippen LogP contribution < -0.4 is 5.32 Å². The van der Waals surface area contributed by atoms with Crippen molar-refractivity contribution < 1.29 is 4.79 Å². The molecule has 1 aliphatic heterocycles. The smallest absolute Gasteiger partial charge is 0.256 e. The first kappa shape index (κ1) is 14.1. The monoisotopic (exact) mass is 266 g/mol. The first-order chi connectivity index (χ1) is 7.41. The van der Waals surface area contributed by atoms with Crippen LogP contribution in [-0.4, -0.2) is 40.8 Å². The van der Waals surface area contributed by atoms with Crippen molar-refractivity contribution in [1.29, 1.82) is 0 Å². The number of nitrogens with one attached hydrogen (secondary N) is 1. The molecule has 1 heterocycles. The number of halogens is 2. The van der Waals surface area contributed by atoms with Gasteiger partial charge in [-0.1, -0.05) is 37.0 Å². The van der Waals surface area contributed by atoms with Crippen LogP contribution in [0.2, 0.25) is 0 Å². The van der Waals surface area contributed by atoms with E-state index in [4.69, 9.17) is 23.2 Å². The highest BCUT2D eigenvalue weighted by molar-refractivity contribution is 6.53. The van der Waals surface area contributed by atoms with Gasteiger partial charge in [0.2, 0.25) is 0 Å². The molecule has 0 spiro atoms. The standard InChI is InChI=1S/C11H20Cl2N2O/c1-7(2)4-9-6-15(8(3)5-14-9)11(16)10(12)13/h7-10,14H,4-6H2,1-3H3. The zero-order valence-electron chi connectivity index (χ0n) is 10.0. The minimum absolute atomic E-state index is 0.163. The summed E-state index contributed by atoms with van der Waals surface area (Å²) in [6, 6.07) is 0.517. The van der Waals surface area contributed by atoms with Crippen LogP contribution in [0.4, 0.5) is 0 Å². The number of carbonyl (C=O) groups is 1. The maximum atomic E-state index is 11.8. The Kier molecular flexibility index (Phi) is 5.35. The van der Waals surface area contributed by atoms with Crippen molar-refractivity contribution in [2.75, 3.05) is 13.1 Å². The van der Waals surface area contributed by atoms with Gasteiger partial charge in [-0.15, -0.1) is 0 Å². The second-order valence-corrected chi connectivity index (χ2v) is 5.97. The van der Waals surface area contributed by atoms with Crippen LogP contribution in [0.5, 0.6) is 0 Å². The molecule has 2 unspecified atom stereocenters. The van der Waals surface area contributed by atoms with Crippen molar-refractivity contribution >= 4 is 29.1 Å². The molecule has 0 radical (unpaired) electrons. The number of nitrogens with zero attached hydrogens (tertiary/aromatic N) is 1. The van der Waals surface area contributed by atoms with Crippen molar-refractivity contribution in [3.63, 3.8) is 0 Å². The van der Waals surface area contributed by atoms with E-state index < -0.39 is 4.84 Å². The lowest BCUT2D eigenvalue weighted by Crippen LogP contribution is -2.58. The topological polar surface area (TPSA) is 32.3 Å². The summed E-state index contributed by atoms with van der Waals surface area (Å²) in [6.45, 7) is 7.87. The molecule has 94 valence electrons. The average Bonchev–Trinajstić information content (AvgIpc) is 2.19. The third kappa shape index (κ3) is 3.79. The molecule has 0 aromatic heterocycles. The first-order valence-electron chi connectivity index (χ1n) is 5.73. The predicted molar refractivity (Wildman–Crippen MR) is 67.9 cm³/mol. The van der Waals surface area contributed by atoms with Gasteiger partial charge in [-0.3, -0.25) is 4.79 Å². The van der Waals surface area contributed by atoms with Crippen LogP contribution >= 0.6 is 23.2 Å². The molecule has 1 N–H and O–H groups in total. The number of hydrogen-bond donors (Lipinski definition) is 1. The van der Waals surface area contributed by atoms with E-state index in [9.17, 15) is 4.79 Å². The summed E-state index contributed by atoms with van der Waals surface area (Å²) < 4.78 is 0. The molecule has 1 aliphatic rings. The highest BCUT2D eigenvalue weighted by Gasteiger charge is 2.31. The van der Waals surface area contributed by atoms with Gasteiger partial charge in [0.05, 0.1) is 0 Å². The van der Waals surface area contributed by atoms with Crippen LogP contribution in [0.3, 0.4) is 0 Å². The number of alkyl halides is 2. The first-order valence-corrected chi connectivity index (χ1v) is 6.61. The van der Waals surface area contributed by atoms with Crippen LogP contribution in [0.25, 0.3) is 0 Å². The molecule has 3 nitrogen and oxygen atoms in total. The minimum Gasteiger partial charge on any atom is -0.335 e. The Labute approximate surface area is 107 Å². The van der Waals surface area contributed by atoms with E-state index in [0.717, 1.165) is 13.0 Å². The maximum Gasteiger partial charge on any atom is 0.256 e. The van der Waals surface area contributed by atoms with Crippen LogP contribution in [0.1, 0.15) is 27.2 Å². The maximum absolute atomic E-state index is 11.8. The molecule has 0 aromatic rings. The second-order valence-electron chi connectivity index (χ2n) is 4.88. The molecular formula is C11H20Cl2N2O. The number of rotatable bonds is 3. The van der Waals surface area contributed by atoms with E-state index in [1.165, 1.54) is 0 Å². The van der Waals surface area contributed by atoms with Gasteiger partial charge in [0, 0.05) is 25.2 Å². The lowest BCUT2D eigenvalue weighted by Gasteiger charge is -2.39. The molecule has 1 fully saturated rings. The number of amides is 1. The zero-order chi connectivity index (χ0) is 12.3. The van der Waals surface area contributed by atoms with Crippen LogP contribution in [0.15, 0.2) is 0 Å². The molecule has 5 heteroatoms. The Morgan fingerprint density at radius 1 is 1.50 bits per heavy atom. The van der Waals surface area contributed by atoms with E-state index in [-0.39, 0.29) is 11.9 Å². The molecule has 2 atom stereocenters. The summed E-state index contributed by atoms with van der Waals surface area (Å²) >= 11 is 11.3. The molecule has 0 aliphatic carbocycles. The number of hydrogen-bond acceptors (Lipinski definition) is 2. The molecule has 0 saturated carbocycles. The van der Waals surface area contributed by atoms with E-state index in [0.29, 0.717) is 18.5 Å². The minimum atomic E-state index is -0.944. The van der Waals surface area contributed by atoms with E-state index in [1.807, 2.05) is 6.92 Å². The Bertz CT molecular complexity index is 246. The van der Waals surface area contributed by atoms with E-state index in [1.54, 1.807) is 4.90 Å². The second kappa shape index (κ2) is 6.08. The fraction of sp³-hybridized carbons (Fsp3) is 0.909. The van der Waals surface area contributed by atoms with Gasteiger partial charge in [-0.25, -0.2) is 0 Å². The SMILES string of the molecule is CC(C)CC1CN(C(=O)C(Cl)Cl)C(C)CN1. The number of piperazine rings is 1. The summed E-state index contributed by atoms with van der Waals surface area (Å²) in [4.78, 5) is 12.6. The highest BCUT2D eigenvalue weighted by atomic mass is 35.5. The van der Waals surface area contributed by atoms with Crippen molar-refractivity contribution in [3.05, 3.63) is 0 Å². The number of carbonyl (C=O) groups excluding carboxylic acids is 1. The molecule has 16 heavy (non-hydrogen) atoms. The third-order valence-corrected chi connectivity index (χ3v) is 3.25. The van der Waals surface area contributed by atoms with Crippen molar-refractivity contribution in [1.82, 2.24) is 10.2 Å². The molecule has 1 saturated heterocycles. The third-order valence-electron chi connectivity index (χ3n) is 2.88. The summed E-state index contributed by atoms with van der Waals surface area (Å²) in [7, 11) is 0. The largest absolute Gasteiger partial charge is 0.335 e. The Hall–Kier alpha value is 0.01000. The fourth-order valence-electron chi connectivity index (χ4n) is 2.09. The molecular weight excluding hydrogens is 247 g/mol. The predicted octanol–water partition coefficient (Wildman–Crippen LogP) is 2.03. The zero-order valence-corrected chi connectivity index (χ0v) is 11.6.